The third kappa shape index (κ3) is 52.9. The molecule has 0 fully saturated rings. The second-order valence-corrected chi connectivity index (χ2v) is 20.6. The van der Waals surface area contributed by atoms with E-state index in [1.165, 1.54) is 173 Å². The number of esters is 2. The van der Waals surface area contributed by atoms with Crippen LogP contribution >= 0.6 is 0 Å². The minimum atomic E-state index is -1.62. The summed E-state index contributed by atoms with van der Waals surface area (Å²) >= 11 is 0. The molecule has 0 aromatic carbocycles. The molecule has 0 heterocycles. The summed E-state index contributed by atoms with van der Waals surface area (Å²) < 4.78 is 22.7. The van der Waals surface area contributed by atoms with Gasteiger partial charge in [-0.05, 0) is 77.0 Å². The van der Waals surface area contributed by atoms with E-state index in [2.05, 4.69) is 62.5 Å². The molecule has 0 saturated heterocycles. The average Bonchev–Trinajstić information content (AvgIpc) is 3.31. The molecular weight excluding hydrogens is 863 g/mol. The number of unbranched alkanes of at least 4 members (excludes halogenated alkanes) is 30. The van der Waals surface area contributed by atoms with Gasteiger partial charge in [-0.2, -0.15) is 0 Å². The first-order chi connectivity index (χ1) is 33.6. The lowest BCUT2D eigenvalue weighted by molar-refractivity contribution is -0.870. The van der Waals surface area contributed by atoms with Crippen molar-refractivity contribution in [3.8, 4) is 0 Å². The number of carboxylic acids is 1. The highest BCUT2D eigenvalue weighted by Crippen LogP contribution is 2.16. The van der Waals surface area contributed by atoms with Crippen molar-refractivity contribution in [3.05, 3.63) is 48.6 Å². The molecule has 9 heteroatoms. The Morgan fingerprint density at radius 3 is 1.14 bits per heavy atom. The molecule has 0 aliphatic rings. The third-order valence-electron chi connectivity index (χ3n) is 12.5. The molecule has 2 unspecified atom stereocenters. The molecule has 0 spiro atoms. The van der Waals surface area contributed by atoms with Crippen LogP contribution in [0.4, 0.5) is 0 Å². The van der Waals surface area contributed by atoms with Crippen molar-refractivity contribution < 1.29 is 42.9 Å². The molecule has 69 heavy (non-hydrogen) atoms. The molecule has 0 amide bonds. The van der Waals surface area contributed by atoms with Crippen molar-refractivity contribution in [3.63, 3.8) is 0 Å². The molecule has 0 aliphatic carbocycles. The molecule has 402 valence electrons. The molecule has 0 rings (SSSR count). The van der Waals surface area contributed by atoms with Crippen LogP contribution in [0.5, 0.6) is 0 Å². The van der Waals surface area contributed by atoms with Gasteiger partial charge in [0.25, 0.3) is 0 Å². The zero-order chi connectivity index (χ0) is 50.6. The minimum Gasteiger partial charge on any atom is -0.545 e. The average molecular weight is 973 g/mol. The number of allylic oxidation sites excluding steroid dienone is 8. The van der Waals surface area contributed by atoms with Gasteiger partial charge in [0, 0.05) is 12.8 Å². The molecule has 2 atom stereocenters. The third-order valence-corrected chi connectivity index (χ3v) is 12.5. The van der Waals surface area contributed by atoms with Crippen molar-refractivity contribution in [2.75, 3.05) is 47.5 Å². The second kappa shape index (κ2) is 51.6. The number of hydrogen-bond donors (Lipinski definition) is 0. The highest BCUT2D eigenvalue weighted by atomic mass is 16.7. The summed E-state index contributed by atoms with van der Waals surface area (Å²) in [5.41, 5.74) is 0. The van der Waals surface area contributed by atoms with Crippen LogP contribution in [0.25, 0.3) is 0 Å². The van der Waals surface area contributed by atoms with Crippen molar-refractivity contribution in [1.29, 1.82) is 0 Å². The zero-order valence-corrected chi connectivity index (χ0v) is 45.7. The molecule has 0 bridgehead atoms. The molecule has 9 nitrogen and oxygen atoms in total. The fourth-order valence-electron chi connectivity index (χ4n) is 8.07. The Bertz CT molecular complexity index is 1270. The lowest BCUT2D eigenvalue weighted by Gasteiger charge is -2.26. The van der Waals surface area contributed by atoms with Gasteiger partial charge >= 0.3 is 11.9 Å². The topological polar surface area (TPSA) is 111 Å². The van der Waals surface area contributed by atoms with E-state index in [-0.39, 0.29) is 38.6 Å². The van der Waals surface area contributed by atoms with Gasteiger partial charge in [-0.1, -0.05) is 217 Å². The summed E-state index contributed by atoms with van der Waals surface area (Å²) in [7, 11) is 5.92. The van der Waals surface area contributed by atoms with Crippen molar-refractivity contribution in [2.45, 2.75) is 270 Å². The van der Waals surface area contributed by atoms with Gasteiger partial charge in [0.2, 0.25) is 0 Å². The molecule has 0 saturated carbocycles. The normalized spacial score (nSPS) is 13.1. The smallest absolute Gasteiger partial charge is 0.306 e. The van der Waals surface area contributed by atoms with E-state index in [1.54, 1.807) is 0 Å². The fourth-order valence-corrected chi connectivity index (χ4v) is 8.07. The van der Waals surface area contributed by atoms with E-state index in [4.69, 9.17) is 18.9 Å². The molecule has 0 radical (unpaired) electrons. The van der Waals surface area contributed by atoms with Crippen molar-refractivity contribution in [2.24, 2.45) is 0 Å². The summed E-state index contributed by atoms with van der Waals surface area (Å²) in [4.78, 5) is 37.3. The predicted octanol–water partition coefficient (Wildman–Crippen LogP) is 15.3. The van der Waals surface area contributed by atoms with Gasteiger partial charge in [-0.3, -0.25) is 9.59 Å². The number of nitrogens with zero attached hydrogens (tertiary/aromatic N) is 1. The Hall–Kier alpha value is -2.75. The Morgan fingerprint density at radius 2 is 0.783 bits per heavy atom. The lowest BCUT2D eigenvalue weighted by atomic mass is 10.0. The summed E-state index contributed by atoms with van der Waals surface area (Å²) in [6.07, 6.45) is 60.0. The number of ether oxygens (including phenoxy) is 4. The number of quaternary nitrogens is 1. The number of rotatable bonds is 53. The predicted molar refractivity (Wildman–Crippen MR) is 288 cm³/mol. The SMILES string of the molecule is CCCCCCC/C=C\C/C=C\CCCCCCCCCCCCCC(=O)OC(COC(=O)CCCCCCCCCCC/C=C\C/C=C\CCCCCCC)COC(OCC[N+](C)(C)C)C(=O)[O-]. The Kier molecular flexibility index (Phi) is 49.5. The monoisotopic (exact) mass is 972 g/mol. The van der Waals surface area contributed by atoms with E-state index in [0.29, 0.717) is 17.4 Å². The fraction of sp³-hybridized carbons (Fsp3) is 0.817. The Balaban J connectivity index is 4.27. The molecule has 0 N–H and O–H groups in total. The van der Waals surface area contributed by atoms with Crippen LogP contribution in [0.3, 0.4) is 0 Å². The van der Waals surface area contributed by atoms with Crippen LogP contribution in [0, 0.1) is 0 Å². The molecule has 0 aromatic rings. The standard InChI is InChI=1S/C60H109NO8/c1-6-8-10-12-14-16-18-20-22-24-26-28-29-31-33-35-37-39-41-43-45-47-49-51-58(63)69-56(55-68-60(59(64)65)66-53-52-61(3,4)5)54-67-57(62)50-48-46-44-42-40-38-36-34-32-30-27-25-23-21-19-17-15-13-11-9-7-2/h18-21,24-27,56,60H,6-17,22-23,28-55H2,1-5H3/b20-18-,21-19-,26-24-,27-25-. The largest absolute Gasteiger partial charge is 0.545 e. The van der Waals surface area contributed by atoms with Crippen LogP contribution in [-0.2, 0) is 33.3 Å². The van der Waals surface area contributed by atoms with Gasteiger partial charge in [0.15, 0.2) is 12.4 Å². The van der Waals surface area contributed by atoms with Crippen LogP contribution in [-0.4, -0.2) is 82.3 Å². The highest BCUT2D eigenvalue weighted by molar-refractivity contribution is 5.70. The maximum Gasteiger partial charge on any atom is 0.306 e. The number of carbonyl (C=O) groups excluding carboxylic acids is 3. The number of hydrogen-bond acceptors (Lipinski definition) is 8. The van der Waals surface area contributed by atoms with E-state index in [9.17, 15) is 19.5 Å². The zero-order valence-electron chi connectivity index (χ0n) is 45.7. The maximum absolute atomic E-state index is 12.9. The number of likely N-dealkylation sites (N-methyl/N-ethyl adjacent to an activating group) is 1. The first-order valence-electron chi connectivity index (χ1n) is 28.8. The van der Waals surface area contributed by atoms with Gasteiger partial charge in [-0.15, -0.1) is 0 Å². The van der Waals surface area contributed by atoms with E-state index in [0.717, 1.165) is 51.4 Å². The lowest BCUT2D eigenvalue weighted by Crippen LogP contribution is -2.44. The quantitative estimate of drug-likeness (QED) is 0.0195. The van der Waals surface area contributed by atoms with Gasteiger partial charge in [0.05, 0.1) is 40.3 Å². The van der Waals surface area contributed by atoms with Gasteiger partial charge < -0.3 is 33.3 Å². The molecule has 0 aromatic heterocycles. The van der Waals surface area contributed by atoms with Crippen molar-refractivity contribution >= 4 is 17.9 Å². The van der Waals surface area contributed by atoms with Crippen LogP contribution in [0.15, 0.2) is 48.6 Å². The molecule has 0 aliphatic heterocycles. The first-order valence-corrected chi connectivity index (χ1v) is 28.8. The van der Waals surface area contributed by atoms with E-state index >= 15 is 0 Å². The number of aliphatic carboxylic acids is 1. The van der Waals surface area contributed by atoms with E-state index < -0.39 is 24.3 Å². The van der Waals surface area contributed by atoms with Gasteiger partial charge in [-0.25, -0.2) is 0 Å². The first kappa shape index (κ1) is 66.2. The number of carboxylic acid groups (broad SMARTS) is 1. The van der Waals surface area contributed by atoms with E-state index in [1.807, 2.05) is 21.1 Å². The highest BCUT2D eigenvalue weighted by Gasteiger charge is 2.22. The van der Waals surface area contributed by atoms with Crippen LogP contribution in [0.1, 0.15) is 258 Å². The van der Waals surface area contributed by atoms with Gasteiger partial charge in [0.1, 0.15) is 13.2 Å². The molecular formula is C60H109NO8. The van der Waals surface area contributed by atoms with Crippen molar-refractivity contribution in [1.82, 2.24) is 0 Å². The van der Waals surface area contributed by atoms with Crippen LogP contribution in [0.2, 0.25) is 0 Å². The summed E-state index contributed by atoms with van der Waals surface area (Å²) in [6.45, 7) is 4.74. The summed E-state index contributed by atoms with van der Waals surface area (Å²) in [6, 6.07) is 0. The Labute approximate surface area is 425 Å². The number of carbonyl (C=O) groups is 3. The maximum atomic E-state index is 12.9. The van der Waals surface area contributed by atoms with Crippen LogP contribution < -0.4 is 5.11 Å². The Morgan fingerprint density at radius 1 is 0.435 bits per heavy atom. The second-order valence-electron chi connectivity index (χ2n) is 20.6. The summed E-state index contributed by atoms with van der Waals surface area (Å²) in [5, 5.41) is 11.8. The summed E-state index contributed by atoms with van der Waals surface area (Å²) in [5.74, 6) is -2.28. The minimum absolute atomic E-state index is 0.146.